The molecule has 0 unspecified atom stereocenters. The maximum Gasteiger partial charge on any atom is 0.323 e. The quantitative estimate of drug-likeness (QED) is 0.214. The van der Waals surface area contributed by atoms with Gasteiger partial charge in [0, 0.05) is 32.6 Å². The SMILES string of the molecule is CN(CC(=O)N1CCN(CC(=O)O)C(=O)[C@@H]1CC(=O)O)C(=O)C1CCC(CN=C(N)N)CC1.Cl. The maximum absolute atomic E-state index is 12.9. The number of hydrogen-bond acceptors (Lipinski definition) is 6. The molecular formula is C20H33ClN6O7. The number of guanidine groups is 1. The summed E-state index contributed by atoms with van der Waals surface area (Å²) in [5.41, 5.74) is 10.7. The second-order valence-corrected chi connectivity index (χ2v) is 8.53. The van der Waals surface area contributed by atoms with Crippen LogP contribution >= 0.6 is 12.4 Å². The Morgan fingerprint density at radius 2 is 1.68 bits per heavy atom. The first kappa shape index (κ1) is 28.9. The first-order chi connectivity index (χ1) is 15.5. The second-order valence-electron chi connectivity index (χ2n) is 8.53. The van der Waals surface area contributed by atoms with E-state index in [2.05, 4.69) is 4.99 Å². The van der Waals surface area contributed by atoms with Crippen molar-refractivity contribution in [2.45, 2.75) is 38.1 Å². The summed E-state index contributed by atoms with van der Waals surface area (Å²) >= 11 is 0. The van der Waals surface area contributed by atoms with Crippen LogP contribution in [0, 0.1) is 11.8 Å². The fourth-order valence-electron chi connectivity index (χ4n) is 4.33. The largest absolute Gasteiger partial charge is 0.481 e. The summed E-state index contributed by atoms with van der Waals surface area (Å²) in [6, 6.07) is -1.31. The molecule has 0 aromatic rings. The van der Waals surface area contributed by atoms with Crippen molar-refractivity contribution >= 4 is 48.0 Å². The molecule has 1 aliphatic heterocycles. The zero-order valence-corrected chi connectivity index (χ0v) is 19.9. The lowest BCUT2D eigenvalue weighted by Gasteiger charge is -2.40. The Kier molecular flexibility index (Phi) is 11.0. The number of nitrogens with two attached hydrogens (primary N) is 2. The molecule has 3 amide bonds. The van der Waals surface area contributed by atoms with Gasteiger partial charge in [-0.3, -0.25) is 29.0 Å². The highest BCUT2D eigenvalue weighted by molar-refractivity contribution is 5.94. The number of carbonyl (C=O) groups is 5. The van der Waals surface area contributed by atoms with Crippen LogP contribution in [0.5, 0.6) is 0 Å². The minimum atomic E-state index is -1.31. The standard InChI is InChI=1S/C20H32N6O7.ClH/c1-24(18(32)13-4-2-12(3-5-13)9-23-20(21)22)10-15(27)26-7-6-25(11-17(30)31)19(33)14(26)8-16(28)29;/h12-14H,2-11H2,1H3,(H,28,29)(H,30,31)(H4,21,22,23);1H/t12?,13?,14-;/m0./s1. The molecule has 2 aliphatic rings. The molecule has 0 aromatic carbocycles. The van der Waals surface area contributed by atoms with Gasteiger partial charge >= 0.3 is 11.9 Å². The summed E-state index contributed by atoms with van der Waals surface area (Å²) in [4.78, 5) is 68.0. The van der Waals surface area contributed by atoms with Gasteiger partial charge in [0.05, 0.1) is 13.0 Å². The van der Waals surface area contributed by atoms with Crippen molar-refractivity contribution in [1.29, 1.82) is 0 Å². The number of carbonyl (C=O) groups excluding carboxylic acids is 3. The van der Waals surface area contributed by atoms with Gasteiger partial charge in [0.2, 0.25) is 17.7 Å². The zero-order chi connectivity index (χ0) is 24.7. The fourth-order valence-corrected chi connectivity index (χ4v) is 4.33. The van der Waals surface area contributed by atoms with E-state index in [0.29, 0.717) is 25.3 Å². The zero-order valence-electron chi connectivity index (χ0n) is 19.1. The van der Waals surface area contributed by atoms with Crippen LogP contribution in [0.1, 0.15) is 32.1 Å². The van der Waals surface area contributed by atoms with Crippen molar-refractivity contribution in [2.75, 3.05) is 39.8 Å². The molecule has 1 aliphatic carbocycles. The van der Waals surface area contributed by atoms with E-state index in [1.54, 1.807) is 0 Å². The number of carboxylic acids is 2. The number of carboxylic acid groups (broad SMARTS) is 2. The number of halogens is 1. The molecule has 0 spiro atoms. The van der Waals surface area contributed by atoms with Crippen LogP contribution < -0.4 is 11.5 Å². The van der Waals surface area contributed by atoms with Gasteiger partial charge in [-0.25, -0.2) is 0 Å². The molecule has 13 nitrogen and oxygen atoms in total. The predicted octanol–water partition coefficient (Wildman–Crippen LogP) is -1.45. The monoisotopic (exact) mass is 504 g/mol. The molecule has 2 rings (SSSR count). The van der Waals surface area contributed by atoms with Crippen LogP contribution in [0.2, 0.25) is 0 Å². The fraction of sp³-hybridized carbons (Fsp3) is 0.700. The highest BCUT2D eigenvalue weighted by Gasteiger charge is 2.40. The number of amides is 3. The van der Waals surface area contributed by atoms with Crippen molar-refractivity contribution in [3.05, 3.63) is 0 Å². The van der Waals surface area contributed by atoms with Crippen LogP contribution in [0.4, 0.5) is 0 Å². The van der Waals surface area contributed by atoms with E-state index in [-0.39, 0.29) is 49.8 Å². The van der Waals surface area contributed by atoms with Crippen LogP contribution in [-0.4, -0.2) is 106 Å². The Morgan fingerprint density at radius 1 is 1.06 bits per heavy atom. The van der Waals surface area contributed by atoms with Crippen molar-refractivity contribution in [3.8, 4) is 0 Å². The summed E-state index contributed by atoms with van der Waals surface area (Å²) in [5, 5.41) is 18.1. The van der Waals surface area contributed by atoms with Crippen LogP contribution in [0.15, 0.2) is 4.99 Å². The molecule has 2 fully saturated rings. The smallest absolute Gasteiger partial charge is 0.323 e. The van der Waals surface area contributed by atoms with E-state index in [1.807, 2.05) is 0 Å². The summed E-state index contributed by atoms with van der Waals surface area (Å²) in [7, 11) is 1.50. The van der Waals surface area contributed by atoms with Crippen molar-refractivity contribution in [3.63, 3.8) is 0 Å². The van der Waals surface area contributed by atoms with Gasteiger partial charge in [0.25, 0.3) is 0 Å². The summed E-state index contributed by atoms with van der Waals surface area (Å²) < 4.78 is 0. The van der Waals surface area contributed by atoms with E-state index in [4.69, 9.17) is 21.7 Å². The highest BCUT2D eigenvalue weighted by Crippen LogP contribution is 2.30. The summed E-state index contributed by atoms with van der Waals surface area (Å²) in [5.74, 6) is -3.88. The molecule has 1 atom stereocenters. The molecule has 1 saturated carbocycles. The van der Waals surface area contributed by atoms with Gasteiger partial charge < -0.3 is 36.4 Å². The summed E-state index contributed by atoms with van der Waals surface area (Å²) in [6.45, 7) is -0.376. The normalized spacial score (nSPS) is 22.4. The Labute approximate surface area is 203 Å². The average Bonchev–Trinajstić information content (AvgIpc) is 2.74. The molecule has 192 valence electrons. The molecule has 1 heterocycles. The molecule has 14 heteroatoms. The minimum Gasteiger partial charge on any atom is -0.481 e. The molecule has 0 radical (unpaired) electrons. The Bertz CT molecular complexity index is 811. The van der Waals surface area contributed by atoms with Gasteiger partial charge in [-0.15, -0.1) is 12.4 Å². The number of nitrogens with zero attached hydrogens (tertiary/aromatic N) is 4. The van der Waals surface area contributed by atoms with Crippen LogP contribution in [0.25, 0.3) is 0 Å². The highest BCUT2D eigenvalue weighted by atomic mass is 35.5. The van der Waals surface area contributed by atoms with E-state index in [1.165, 1.54) is 11.9 Å². The summed E-state index contributed by atoms with van der Waals surface area (Å²) in [6.07, 6.45) is 2.23. The van der Waals surface area contributed by atoms with E-state index < -0.39 is 42.8 Å². The molecule has 0 bridgehead atoms. The lowest BCUT2D eigenvalue weighted by Crippen LogP contribution is -2.61. The first-order valence-electron chi connectivity index (χ1n) is 10.8. The number of aliphatic carboxylic acids is 2. The van der Waals surface area contributed by atoms with Gasteiger partial charge in [-0.1, -0.05) is 0 Å². The third-order valence-electron chi connectivity index (χ3n) is 6.07. The van der Waals surface area contributed by atoms with Gasteiger partial charge in [-0.05, 0) is 31.6 Å². The van der Waals surface area contributed by atoms with Crippen molar-refractivity contribution in [1.82, 2.24) is 14.7 Å². The molecule has 34 heavy (non-hydrogen) atoms. The minimum absolute atomic E-state index is 0. The Hall–Kier alpha value is -3.09. The van der Waals surface area contributed by atoms with Gasteiger partial charge in [-0.2, -0.15) is 0 Å². The topological polar surface area (TPSA) is 200 Å². The predicted molar refractivity (Wildman–Crippen MR) is 123 cm³/mol. The van der Waals surface area contributed by atoms with E-state index in [0.717, 1.165) is 22.6 Å². The van der Waals surface area contributed by atoms with Crippen molar-refractivity contribution < 1.29 is 34.2 Å². The number of piperazine rings is 1. The Morgan fingerprint density at radius 3 is 2.21 bits per heavy atom. The van der Waals surface area contributed by atoms with E-state index >= 15 is 0 Å². The van der Waals surface area contributed by atoms with E-state index in [9.17, 15) is 24.0 Å². The molecular weight excluding hydrogens is 472 g/mol. The van der Waals surface area contributed by atoms with Crippen LogP contribution in [0.3, 0.4) is 0 Å². The third kappa shape index (κ3) is 8.04. The van der Waals surface area contributed by atoms with Gasteiger partial charge in [0.1, 0.15) is 12.6 Å². The lowest BCUT2D eigenvalue weighted by atomic mass is 9.81. The Balaban J connectivity index is 0.00000578. The molecule has 1 saturated heterocycles. The number of likely N-dealkylation sites (N-methyl/N-ethyl adjacent to an activating group) is 1. The molecule has 0 aromatic heterocycles. The first-order valence-corrected chi connectivity index (χ1v) is 10.8. The lowest BCUT2D eigenvalue weighted by molar-refractivity contribution is -0.159. The third-order valence-corrected chi connectivity index (χ3v) is 6.07. The number of hydrogen-bond donors (Lipinski definition) is 4. The maximum atomic E-state index is 12.9. The number of aliphatic imine (C=N–C) groups is 1. The number of rotatable bonds is 9. The second kappa shape index (κ2) is 13.0. The van der Waals surface area contributed by atoms with Crippen LogP contribution in [-0.2, 0) is 24.0 Å². The average molecular weight is 505 g/mol. The van der Waals surface area contributed by atoms with Gasteiger partial charge in [0.15, 0.2) is 5.96 Å². The molecule has 6 N–H and O–H groups in total. The van der Waals surface area contributed by atoms with Crippen molar-refractivity contribution in [2.24, 2.45) is 28.3 Å².